The molecule has 5 saturated carbocycles. The molecule has 11 atom stereocenters. The second-order valence-corrected chi connectivity index (χ2v) is 15.4. The Hall–Kier alpha value is -0.330. The van der Waals surface area contributed by atoms with E-state index < -0.39 is 0 Å². The molecular formula is C31H52O. The lowest BCUT2D eigenvalue weighted by molar-refractivity contribution is -0.247. The number of Topliss-reactive ketones (excluding diaryl/α,β-unsaturated/α-hetero) is 1. The molecular weight excluding hydrogens is 388 g/mol. The minimum atomic E-state index is -0.149. The topological polar surface area (TPSA) is 17.1 Å². The quantitative estimate of drug-likeness (QED) is 0.368. The molecule has 5 fully saturated rings. The third kappa shape index (κ3) is 2.66. The van der Waals surface area contributed by atoms with Crippen LogP contribution in [0.1, 0.15) is 120 Å². The fraction of sp³-hybridized carbons (Fsp3) is 0.968. The molecule has 0 saturated heterocycles. The summed E-state index contributed by atoms with van der Waals surface area (Å²) in [5.74, 6) is 5.70. The summed E-state index contributed by atoms with van der Waals surface area (Å²) in [6, 6.07) is 0. The first-order chi connectivity index (χ1) is 14.7. The van der Waals surface area contributed by atoms with Crippen molar-refractivity contribution in [3.63, 3.8) is 0 Å². The van der Waals surface area contributed by atoms with Gasteiger partial charge in [-0.05, 0) is 115 Å². The van der Waals surface area contributed by atoms with E-state index in [1.807, 2.05) is 0 Å². The molecule has 182 valence electrons. The summed E-state index contributed by atoms with van der Waals surface area (Å²) in [5.41, 5.74) is 1.65. The van der Waals surface area contributed by atoms with Crippen molar-refractivity contribution in [2.24, 2.45) is 68.5 Å². The molecule has 0 N–H and O–H groups in total. The van der Waals surface area contributed by atoms with Crippen LogP contribution in [0.2, 0.25) is 0 Å². The zero-order valence-electron chi connectivity index (χ0n) is 22.8. The third-order valence-electron chi connectivity index (χ3n) is 14.0. The van der Waals surface area contributed by atoms with E-state index in [0.29, 0.717) is 33.4 Å². The molecule has 0 aromatic carbocycles. The number of carbonyl (C=O) groups excluding carboxylic acids is 1. The first kappa shape index (κ1) is 23.4. The van der Waals surface area contributed by atoms with Gasteiger partial charge in [-0.3, -0.25) is 4.79 Å². The standard InChI is InChI=1S/C31H52O/c1-19-12-14-28(6)16-17-30(8)22(25(28)21(19)3)10-11-24-29(7)18-20(2)26(32)27(4,5)23(29)13-15-31(24,30)9/h19-25H,10-18H2,1-9H3/t19-,20?,21+,22-,23+,24-,25+,28-,29+,30-,31-/m1/s1. The van der Waals surface area contributed by atoms with E-state index in [4.69, 9.17) is 0 Å². The van der Waals surface area contributed by atoms with Crippen molar-refractivity contribution in [1.82, 2.24) is 0 Å². The van der Waals surface area contributed by atoms with Gasteiger partial charge in [0.05, 0.1) is 0 Å². The molecule has 1 nitrogen and oxygen atoms in total. The molecule has 0 aromatic rings. The highest BCUT2D eigenvalue weighted by Crippen LogP contribution is 2.77. The van der Waals surface area contributed by atoms with Gasteiger partial charge in [-0.15, -0.1) is 0 Å². The molecule has 0 bridgehead atoms. The SMILES string of the molecule is CC1C[C@]2(C)[C@H]3CC[C@@H]4[C@@H]5[C@@H](C)[C@H](C)CC[C@]5(C)CC[C@@]4(C)[C@]3(C)CC[C@H]2C(C)(C)C1=O. The minimum absolute atomic E-state index is 0.149. The number of hydrogen-bond donors (Lipinski definition) is 0. The van der Waals surface area contributed by atoms with E-state index in [-0.39, 0.29) is 11.3 Å². The summed E-state index contributed by atoms with van der Waals surface area (Å²) in [5, 5.41) is 0. The molecule has 0 amide bonds. The summed E-state index contributed by atoms with van der Waals surface area (Å²) in [6.07, 6.45) is 12.4. The number of rotatable bonds is 0. The Labute approximate surface area is 199 Å². The lowest BCUT2D eigenvalue weighted by Crippen LogP contribution is -2.67. The van der Waals surface area contributed by atoms with Crippen LogP contribution in [0, 0.1) is 68.5 Å². The maximum Gasteiger partial charge on any atom is 0.141 e. The highest BCUT2D eigenvalue weighted by Gasteiger charge is 2.70. The van der Waals surface area contributed by atoms with Crippen LogP contribution in [-0.4, -0.2) is 5.78 Å². The van der Waals surface area contributed by atoms with Crippen LogP contribution in [0.15, 0.2) is 0 Å². The molecule has 0 radical (unpaired) electrons. The van der Waals surface area contributed by atoms with Crippen LogP contribution < -0.4 is 0 Å². The van der Waals surface area contributed by atoms with Crippen LogP contribution in [0.3, 0.4) is 0 Å². The van der Waals surface area contributed by atoms with Crippen molar-refractivity contribution in [1.29, 1.82) is 0 Å². The van der Waals surface area contributed by atoms with Gasteiger partial charge in [-0.1, -0.05) is 62.3 Å². The van der Waals surface area contributed by atoms with Crippen LogP contribution in [0.5, 0.6) is 0 Å². The van der Waals surface area contributed by atoms with E-state index >= 15 is 0 Å². The average Bonchev–Trinajstić information content (AvgIpc) is 2.70. The molecule has 5 aliphatic rings. The molecule has 32 heavy (non-hydrogen) atoms. The Bertz CT molecular complexity index is 796. The number of fused-ring (bicyclic) bond motifs is 7. The molecule has 0 aromatic heterocycles. The summed E-state index contributed by atoms with van der Waals surface area (Å²) in [6.45, 7) is 22.8. The van der Waals surface area contributed by atoms with E-state index in [2.05, 4.69) is 62.3 Å². The average molecular weight is 441 g/mol. The molecule has 0 heterocycles. The van der Waals surface area contributed by atoms with Gasteiger partial charge in [0.1, 0.15) is 5.78 Å². The van der Waals surface area contributed by atoms with Gasteiger partial charge in [0.25, 0.3) is 0 Å². The highest BCUT2D eigenvalue weighted by atomic mass is 16.1. The van der Waals surface area contributed by atoms with Gasteiger partial charge in [-0.2, -0.15) is 0 Å². The molecule has 1 unspecified atom stereocenters. The normalized spacial score (nSPS) is 59.4. The molecule has 1 heteroatoms. The molecule has 5 rings (SSSR count). The largest absolute Gasteiger partial charge is 0.299 e. The Morgan fingerprint density at radius 2 is 1.41 bits per heavy atom. The zero-order valence-corrected chi connectivity index (χ0v) is 22.8. The smallest absolute Gasteiger partial charge is 0.141 e. The van der Waals surface area contributed by atoms with Crippen molar-refractivity contribution >= 4 is 5.78 Å². The van der Waals surface area contributed by atoms with Crippen LogP contribution >= 0.6 is 0 Å². The van der Waals surface area contributed by atoms with Gasteiger partial charge < -0.3 is 0 Å². The maximum atomic E-state index is 13.2. The van der Waals surface area contributed by atoms with Gasteiger partial charge in [0.15, 0.2) is 0 Å². The predicted molar refractivity (Wildman–Crippen MR) is 134 cm³/mol. The Balaban J connectivity index is 1.55. The highest BCUT2D eigenvalue weighted by molar-refractivity contribution is 5.87. The van der Waals surface area contributed by atoms with Crippen LogP contribution in [0.4, 0.5) is 0 Å². The van der Waals surface area contributed by atoms with Gasteiger partial charge in [0.2, 0.25) is 0 Å². The second kappa shape index (κ2) is 6.87. The van der Waals surface area contributed by atoms with Crippen LogP contribution in [0.25, 0.3) is 0 Å². The van der Waals surface area contributed by atoms with E-state index in [1.54, 1.807) is 0 Å². The first-order valence-electron chi connectivity index (χ1n) is 14.3. The van der Waals surface area contributed by atoms with Crippen molar-refractivity contribution in [2.75, 3.05) is 0 Å². The molecule has 0 spiro atoms. The van der Waals surface area contributed by atoms with Gasteiger partial charge in [0, 0.05) is 11.3 Å². The lowest BCUT2D eigenvalue weighted by Gasteiger charge is -2.73. The van der Waals surface area contributed by atoms with Gasteiger partial charge in [-0.25, -0.2) is 0 Å². The molecule has 0 aliphatic heterocycles. The monoisotopic (exact) mass is 440 g/mol. The summed E-state index contributed by atoms with van der Waals surface area (Å²) in [4.78, 5) is 13.2. The van der Waals surface area contributed by atoms with Crippen LogP contribution in [-0.2, 0) is 4.79 Å². The summed E-state index contributed by atoms with van der Waals surface area (Å²) >= 11 is 0. The second-order valence-electron chi connectivity index (χ2n) is 15.4. The number of carbonyl (C=O) groups is 1. The summed E-state index contributed by atoms with van der Waals surface area (Å²) in [7, 11) is 0. The van der Waals surface area contributed by atoms with E-state index in [9.17, 15) is 4.79 Å². The molecule has 5 aliphatic carbocycles. The fourth-order valence-corrected chi connectivity index (χ4v) is 12.1. The Morgan fingerprint density at radius 1 is 0.719 bits per heavy atom. The van der Waals surface area contributed by atoms with Crippen molar-refractivity contribution in [3.8, 4) is 0 Å². The fourth-order valence-electron chi connectivity index (χ4n) is 12.1. The Morgan fingerprint density at radius 3 is 2.09 bits per heavy atom. The zero-order chi connectivity index (χ0) is 23.5. The number of hydrogen-bond acceptors (Lipinski definition) is 1. The van der Waals surface area contributed by atoms with Gasteiger partial charge >= 0.3 is 0 Å². The number of ketones is 1. The van der Waals surface area contributed by atoms with Crippen molar-refractivity contribution in [2.45, 2.75) is 120 Å². The Kier molecular flexibility index (Phi) is 5.03. The van der Waals surface area contributed by atoms with E-state index in [0.717, 1.165) is 36.0 Å². The lowest BCUT2D eigenvalue weighted by atomic mass is 9.31. The first-order valence-corrected chi connectivity index (χ1v) is 14.3. The van der Waals surface area contributed by atoms with Crippen molar-refractivity contribution in [3.05, 3.63) is 0 Å². The summed E-state index contributed by atoms with van der Waals surface area (Å²) < 4.78 is 0. The maximum absolute atomic E-state index is 13.2. The van der Waals surface area contributed by atoms with E-state index in [1.165, 1.54) is 51.4 Å². The third-order valence-corrected chi connectivity index (χ3v) is 14.0. The minimum Gasteiger partial charge on any atom is -0.299 e. The van der Waals surface area contributed by atoms with Crippen molar-refractivity contribution < 1.29 is 4.79 Å². The predicted octanol–water partition coefficient (Wildman–Crippen LogP) is 8.56.